The summed E-state index contributed by atoms with van der Waals surface area (Å²) < 4.78 is 12.1. The normalized spacial score (nSPS) is 13.8. The molecule has 1 aromatic heterocycles. The summed E-state index contributed by atoms with van der Waals surface area (Å²) in [5.41, 5.74) is 2.02. The molecule has 0 fully saturated rings. The Hall–Kier alpha value is -2.05. The van der Waals surface area contributed by atoms with Crippen LogP contribution in [0.25, 0.3) is 5.69 Å². The van der Waals surface area contributed by atoms with Gasteiger partial charge in [-0.1, -0.05) is 11.6 Å². The molecule has 0 spiro atoms. The van der Waals surface area contributed by atoms with E-state index in [0.29, 0.717) is 35.1 Å². The zero-order chi connectivity index (χ0) is 15.0. The number of methoxy groups -OCH3 is 1. The van der Waals surface area contributed by atoms with E-state index in [2.05, 4.69) is 5.10 Å². The standard InChI is InChI=1S/C14H13ClN2O4/c1-20-8-2-3-10(15)12(6-8)17-11-4-5-21-7-9(11)13(16-17)14(18)19/h2-3,6H,4-5,7H2,1H3,(H,18,19). The Labute approximate surface area is 125 Å². The van der Waals surface area contributed by atoms with Gasteiger partial charge >= 0.3 is 5.97 Å². The lowest BCUT2D eigenvalue weighted by molar-refractivity contribution is 0.0677. The number of benzene rings is 1. The van der Waals surface area contributed by atoms with Crippen molar-refractivity contribution in [1.82, 2.24) is 9.78 Å². The average Bonchev–Trinajstić information content (AvgIpc) is 2.87. The van der Waals surface area contributed by atoms with Gasteiger partial charge in [-0.2, -0.15) is 5.10 Å². The second-order valence-electron chi connectivity index (χ2n) is 4.61. The van der Waals surface area contributed by atoms with E-state index in [-0.39, 0.29) is 12.3 Å². The Morgan fingerprint density at radius 1 is 1.52 bits per heavy atom. The number of hydrogen-bond acceptors (Lipinski definition) is 4. The van der Waals surface area contributed by atoms with Crippen LogP contribution >= 0.6 is 11.6 Å². The third-order valence-corrected chi connectivity index (χ3v) is 3.72. The third kappa shape index (κ3) is 2.36. The molecule has 0 amide bonds. The van der Waals surface area contributed by atoms with E-state index in [9.17, 15) is 9.90 Å². The summed E-state index contributed by atoms with van der Waals surface area (Å²) >= 11 is 6.22. The summed E-state index contributed by atoms with van der Waals surface area (Å²) in [4.78, 5) is 11.3. The number of carbonyl (C=O) groups is 1. The van der Waals surface area contributed by atoms with Gasteiger partial charge in [0.05, 0.1) is 36.7 Å². The van der Waals surface area contributed by atoms with Crippen molar-refractivity contribution in [3.63, 3.8) is 0 Å². The molecule has 0 saturated carbocycles. The first kappa shape index (κ1) is 13.9. The molecule has 2 aromatic rings. The molecule has 1 aliphatic rings. The topological polar surface area (TPSA) is 73.6 Å². The number of rotatable bonds is 3. The molecule has 1 aromatic carbocycles. The highest BCUT2D eigenvalue weighted by Gasteiger charge is 2.26. The van der Waals surface area contributed by atoms with Crippen molar-refractivity contribution in [2.45, 2.75) is 13.0 Å². The van der Waals surface area contributed by atoms with Crippen molar-refractivity contribution in [3.05, 3.63) is 40.2 Å². The van der Waals surface area contributed by atoms with Crippen LogP contribution in [0.5, 0.6) is 5.75 Å². The van der Waals surface area contributed by atoms with Crippen molar-refractivity contribution in [2.24, 2.45) is 0 Å². The maximum Gasteiger partial charge on any atom is 0.356 e. The van der Waals surface area contributed by atoms with E-state index in [4.69, 9.17) is 21.1 Å². The molecule has 2 heterocycles. The van der Waals surface area contributed by atoms with Crippen LogP contribution in [-0.2, 0) is 17.8 Å². The monoisotopic (exact) mass is 308 g/mol. The number of hydrogen-bond donors (Lipinski definition) is 1. The van der Waals surface area contributed by atoms with Crippen molar-refractivity contribution in [3.8, 4) is 11.4 Å². The van der Waals surface area contributed by atoms with Gasteiger partial charge in [0, 0.05) is 18.1 Å². The van der Waals surface area contributed by atoms with Gasteiger partial charge in [-0.3, -0.25) is 0 Å². The molecule has 0 aliphatic carbocycles. The van der Waals surface area contributed by atoms with Crippen LogP contribution < -0.4 is 4.74 Å². The third-order valence-electron chi connectivity index (χ3n) is 3.40. The number of halogens is 1. The minimum Gasteiger partial charge on any atom is -0.497 e. The molecule has 0 unspecified atom stereocenters. The Morgan fingerprint density at radius 2 is 2.33 bits per heavy atom. The van der Waals surface area contributed by atoms with Crippen molar-refractivity contribution in [1.29, 1.82) is 0 Å². The van der Waals surface area contributed by atoms with E-state index in [1.54, 1.807) is 30.0 Å². The minimum atomic E-state index is -1.07. The lowest BCUT2D eigenvalue weighted by Crippen LogP contribution is -2.14. The van der Waals surface area contributed by atoms with E-state index in [1.165, 1.54) is 0 Å². The van der Waals surface area contributed by atoms with E-state index < -0.39 is 5.97 Å². The minimum absolute atomic E-state index is 0.00332. The van der Waals surface area contributed by atoms with Gasteiger partial charge in [0.1, 0.15) is 5.75 Å². The second kappa shape index (κ2) is 5.38. The number of aromatic nitrogens is 2. The number of carboxylic acids is 1. The molecule has 110 valence electrons. The average molecular weight is 309 g/mol. The van der Waals surface area contributed by atoms with Crippen molar-refractivity contribution < 1.29 is 19.4 Å². The summed E-state index contributed by atoms with van der Waals surface area (Å²) in [6.07, 6.45) is 0.586. The van der Waals surface area contributed by atoms with Crippen LogP contribution in [0, 0.1) is 0 Å². The predicted molar refractivity (Wildman–Crippen MR) is 75.4 cm³/mol. The Bertz CT molecular complexity index is 711. The largest absolute Gasteiger partial charge is 0.497 e. The molecule has 1 aliphatic heterocycles. The quantitative estimate of drug-likeness (QED) is 0.942. The van der Waals surface area contributed by atoms with Crippen LogP contribution in [0.2, 0.25) is 5.02 Å². The fraction of sp³-hybridized carbons (Fsp3) is 0.286. The lowest BCUT2D eigenvalue weighted by Gasteiger charge is -2.15. The molecule has 3 rings (SSSR count). The van der Waals surface area contributed by atoms with Crippen LogP contribution in [0.15, 0.2) is 18.2 Å². The first-order chi connectivity index (χ1) is 10.1. The smallest absolute Gasteiger partial charge is 0.356 e. The van der Waals surface area contributed by atoms with E-state index >= 15 is 0 Å². The van der Waals surface area contributed by atoms with Gasteiger partial charge in [0.25, 0.3) is 0 Å². The number of ether oxygens (including phenoxy) is 2. The molecule has 0 saturated heterocycles. The summed E-state index contributed by atoms with van der Waals surface area (Å²) in [6.45, 7) is 0.776. The van der Waals surface area contributed by atoms with Crippen molar-refractivity contribution >= 4 is 17.6 Å². The SMILES string of the molecule is COc1ccc(Cl)c(-n2nc(C(=O)O)c3c2CCOC3)c1. The number of aromatic carboxylic acids is 1. The molecular weight excluding hydrogens is 296 g/mol. The summed E-state index contributed by atoms with van der Waals surface area (Å²) in [5, 5.41) is 14.0. The Balaban J connectivity index is 2.21. The lowest BCUT2D eigenvalue weighted by atomic mass is 10.1. The molecule has 6 nitrogen and oxygen atoms in total. The first-order valence-electron chi connectivity index (χ1n) is 6.37. The number of fused-ring (bicyclic) bond motifs is 1. The summed E-state index contributed by atoms with van der Waals surface area (Å²) in [7, 11) is 1.56. The number of nitrogens with zero attached hydrogens (tertiary/aromatic N) is 2. The Kier molecular flexibility index (Phi) is 3.57. The zero-order valence-electron chi connectivity index (χ0n) is 11.3. The van der Waals surface area contributed by atoms with Crippen LogP contribution in [-0.4, -0.2) is 34.6 Å². The van der Waals surface area contributed by atoms with Gasteiger partial charge in [-0.05, 0) is 12.1 Å². The highest BCUT2D eigenvalue weighted by Crippen LogP contribution is 2.30. The van der Waals surface area contributed by atoms with Crippen LogP contribution in [0.1, 0.15) is 21.7 Å². The maximum atomic E-state index is 11.3. The summed E-state index contributed by atoms with van der Waals surface area (Å²) in [5.74, 6) is -0.447. The molecule has 21 heavy (non-hydrogen) atoms. The molecule has 0 radical (unpaired) electrons. The molecule has 1 N–H and O–H groups in total. The van der Waals surface area contributed by atoms with Gasteiger partial charge < -0.3 is 14.6 Å². The number of carboxylic acid groups (broad SMARTS) is 1. The fourth-order valence-corrected chi connectivity index (χ4v) is 2.59. The fourth-order valence-electron chi connectivity index (χ4n) is 2.39. The predicted octanol–water partition coefficient (Wildman–Crippen LogP) is 2.31. The van der Waals surface area contributed by atoms with Crippen molar-refractivity contribution in [2.75, 3.05) is 13.7 Å². The van der Waals surface area contributed by atoms with Crippen LogP contribution in [0.4, 0.5) is 0 Å². The zero-order valence-corrected chi connectivity index (χ0v) is 12.1. The highest BCUT2D eigenvalue weighted by atomic mass is 35.5. The molecule has 0 atom stereocenters. The van der Waals surface area contributed by atoms with Gasteiger partial charge in [-0.15, -0.1) is 0 Å². The van der Waals surface area contributed by atoms with Gasteiger partial charge in [-0.25, -0.2) is 9.48 Å². The summed E-state index contributed by atoms with van der Waals surface area (Å²) in [6, 6.07) is 5.17. The van der Waals surface area contributed by atoms with Gasteiger partial charge in [0.15, 0.2) is 5.69 Å². The Morgan fingerprint density at radius 3 is 3.05 bits per heavy atom. The highest BCUT2D eigenvalue weighted by molar-refractivity contribution is 6.32. The van der Waals surface area contributed by atoms with E-state index in [0.717, 1.165) is 5.69 Å². The second-order valence-corrected chi connectivity index (χ2v) is 5.02. The molecule has 0 bridgehead atoms. The van der Waals surface area contributed by atoms with Gasteiger partial charge in [0.2, 0.25) is 0 Å². The first-order valence-corrected chi connectivity index (χ1v) is 6.75. The van der Waals surface area contributed by atoms with E-state index in [1.807, 2.05) is 0 Å². The maximum absolute atomic E-state index is 11.3. The molecular formula is C14H13ClN2O4. The molecule has 7 heteroatoms. The van der Waals surface area contributed by atoms with Crippen LogP contribution in [0.3, 0.4) is 0 Å².